The molecular formula is C16H11FN2O2. The summed E-state index contributed by atoms with van der Waals surface area (Å²) in [6.45, 7) is 0. The van der Waals surface area contributed by atoms with Crippen LogP contribution in [0.1, 0.15) is 10.6 Å². The summed E-state index contributed by atoms with van der Waals surface area (Å²) >= 11 is 0. The summed E-state index contributed by atoms with van der Waals surface area (Å²) in [5.74, 6) is -0.621. The van der Waals surface area contributed by atoms with Crippen LogP contribution in [0.5, 0.6) is 0 Å². The number of benzene rings is 2. The molecule has 2 aromatic carbocycles. The van der Waals surface area contributed by atoms with Gasteiger partial charge in [-0.3, -0.25) is 4.79 Å². The van der Waals surface area contributed by atoms with Gasteiger partial charge in [-0.05, 0) is 36.4 Å². The molecule has 0 saturated carbocycles. The van der Waals surface area contributed by atoms with E-state index in [-0.39, 0.29) is 17.5 Å². The predicted molar refractivity (Wildman–Crippen MR) is 76.3 cm³/mol. The Bertz CT molecular complexity index is 751. The van der Waals surface area contributed by atoms with Crippen LogP contribution in [-0.4, -0.2) is 11.1 Å². The van der Waals surface area contributed by atoms with E-state index in [9.17, 15) is 9.18 Å². The summed E-state index contributed by atoms with van der Waals surface area (Å²) in [6.07, 6.45) is 0. The van der Waals surface area contributed by atoms with Crippen LogP contribution in [0.3, 0.4) is 0 Å². The number of hydrogen-bond donors (Lipinski definition) is 1. The van der Waals surface area contributed by atoms with Crippen LogP contribution in [0.4, 0.5) is 10.1 Å². The summed E-state index contributed by atoms with van der Waals surface area (Å²) in [7, 11) is 0. The third kappa shape index (κ3) is 2.97. The minimum atomic E-state index is -0.387. The van der Waals surface area contributed by atoms with Gasteiger partial charge in [0, 0.05) is 17.3 Å². The van der Waals surface area contributed by atoms with Crippen LogP contribution >= 0.6 is 0 Å². The van der Waals surface area contributed by atoms with Gasteiger partial charge in [0.2, 0.25) is 5.76 Å². The first kappa shape index (κ1) is 13.1. The molecule has 3 rings (SSSR count). The molecular weight excluding hydrogens is 271 g/mol. The molecule has 1 amide bonds. The van der Waals surface area contributed by atoms with E-state index in [4.69, 9.17) is 4.52 Å². The highest BCUT2D eigenvalue weighted by Gasteiger charge is 2.14. The second-order valence-corrected chi connectivity index (χ2v) is 4.40. The van der Waals surface area contributed by atoms with Gasteiger partial charge in [0.15, 0.2) is 0 Å². The maximum atomic E-state index is 12.9. The van der Waals surface area contributed by atoms with Gasteiger partial charge in [0.1, 0.15) is 11.5 Å². The number of hydrogen-bond acceptors (Lipinski definition) is 3. The van der Waals surface area contributed by atoms with Crippen molar-refractivity contribution >= 4 is 11.6 Å². The molecule has 1 N–H and O–H groups in total. The Kier molecular flexibility index (Phi) is 3.47. The molecule has 0 fully saturated rings. The number of aromatic nitrogens is 1. The lowest BCUT2D eigenvalue weighted by molar-refractivity contribution is 0.0988. The topological polar surface area (TPSA) is 55.1 Å². The van der Waals surface area contributed by atoms with Gasteiger partial charge in [-0.15, -0.1) is 0 Å². The van der Waals surface area contributed by atoms with Crippen molar-refractivity contribution in [3.63, 3.8) is 0 Å². The first-order valence-corrected chi connectivity index (χ1v) is 6.31. The molecule has 5 heteroatoms. The number of nitrogens with zero attached hydrogens (tertiary/aromatic N) is 1. The Balaban J connectivity index is 1.78. The minimum Gasteiger partial charge on any atom is -0.350 e. The summed E-state index contributed by atoms with van der Waals surface area (Å²) in [5.41, 5.74) is 1.83. The molecule has 0 aliphatic heterocycles. The van der Waals surface area contributed by atoms with Crippen molar-refractivity contribution in [1.82, 2.24) is 5.16 Å². The maximum absolute atomic E-state index is 12.9. The molecule has 0 atom stereocenters. The molecule has 0 spiro atoms. The molecule has 104 valence electrons. The largest absolute Gasteiger partial charge is 0.350 e. The number of para-hydroxylation sites is 1. The molecule has 0 radical (unpaired) electrons. The molecule has 1 heterocycles. The monoisotopic (exact) mass is 282 g/mol. The van der Waals surface area contributed by atoms with Crippen molar-refractivity contribution < 1.29 is 13.7 Å². The Morgan fingerprint density at radius 3 is 2.48 bits per heavy atom. The van der Waals surface area contributed by atoms with E-state index in [1.54, 1.807) is 24.3 Å². The van der Waals surface area contributed by atoms with Crippen LogP contribution < -0.4 is 5.32 Å². The van der Waals surface area contributed by atoms with Crippen molar-refractivity contribution in [2.75, 3.05) is 5.32 Å². The zero-order valence-corrected chi connectivity index (χ0v) is 10.9. The van der Waals surface area contributed by atoms with Crippen molar-refractivity contribution in [1.29, 1.82) is 0 Å². The summed E-state index contributed by atoms with van der Waals surface area (Å²) in [6, 6.07) is 16.4. The summed E-state index contributed by atoms with van der Waals surface area (Å²) in [4.78, 5) is 12.0. The molecule has 21 heavy (non-hydrogen) atoms. The van der Waals surface area contributed by atoms with Crippen molar-refractivity contribution in [3.05, 3.63) is 72.2 Å². The number of halogens is 1. The van der Waals surface area contributed by atoms with Crippen LogP contribution in [-0.2, 0) is 0 Å². The maximum Gasteiger partial charge on any atom is 0.294 e. The van der Waals surface area contributed by atoms with E-state index in [1.165, 1.54) is 18.2 Å². The van der Waals surface area contributed by atoms with E-state index in [0.717, 1.165) is 0 Å². The molecule has 3 aromatic rings. The smallest absolute Gasteiger partial charge is 0.294 e. The third-order valence-electron chi connectivity index (χ3n) is 2.91. The van der Waals surface area contributed by atoms with Gasteiger partial charge >= 0.3 is 0 Å². The number of anilines is 1. The van der Waals surface area contributed by atoms with E-state index in [0.29, 0.717) is 16.9 Å². The molecule has 0 bridgehead atoms. The first-order valence-electron chi connectivity index (χ1n) is 6.31. The van der Waals surface area contributed by atoms with E-state index >= 15 is 0 Å². The lowest BCUT2D eigenvalue weighted by Crippen LogP contribution is -2.10. The first-order chi connectivity index (χ1) is 10.2. The van der Waals surface area contributed by atoms with Gasteiger partial charge in [-0.1, -0.05) is 23.4 Å². The standard InChI is InChI=1S/C16H11FN2O2/c17-12-8-6-11(7-9-12)14-10-15(21-19-14)16(20)18-13-4-2-1-3-5-13/h1-10H,(H,18,20). The van der Waals surface area contributed by atoms with Crippen LogP contribution in [0, 0.1) is 5.82 Å². The second kappa shape index (κ2) is 5.58. The Morgan fingerprint density at radius 2 is 1.76 bits per heavy atom. The average Bonchev–Trinajstić information content (AvgIpc) is 2.99. The molecule has 4 nitrogen and oxygen atoms in total. The summed E-state index contributed by atoms with van der Waals surface area (Å²) < 4.78 is 17.9. The highest BCUT2D eigenvalue weighted by molar-refractivity contribution is 6.02. The number of rotatable bonds is 3. The zero-order valence-electron chi connectivity index (χ0n) is 10.9. The van der Waals surface area contributed by atoms with Gasteiger partial charge in [0.25, 0.3) is 5.91 Å². The lowest BCUT2D eigenvalue weighted by Gasteiger charge is -2.00. The van der Waals surface area contributed by atoms with Gasteiger partial charge in [-0.25, -0.2) is 4.39 Å². The van der Waals surface area contributed by atoms with Crippen molar-refractivity contribution in [2.45, 2.75) is 0 Å². The Labute approximate surface area is 120 Å². The van der Waals surface area contributed by atoms with E-state index in [1.807, 2.05) is 18.2 Å². The predicted octanol–water partition coefficient (Wildman–Crippen LogP) is 3.73. The molecule has 0 unspecified atom stereocenters. The van der Waals surface area contributed by atoms with Gasteiger partial charge in [-0.2, -0.15) is 0 Å². The van der Waals surface area contributed by atoms with Crippen LogP contribution in [0.25, 0.3) is 11.3 Å². The lowest BCUT2D eigenvalue weighted by atomic mass is 10.1. The fraction of sp³-hybridized carbons (Fsp3) is 0. The Hall–Kier alpha value is -2.95. The zero-order chi connectivity index (χ0) is 14.7. The number of carbonyl (C=O) groups is 1. The fourth-order valence-corrected chi connectivity index (χ4v) is 1.85. The van der Waals surface area contributed by atoms with E-state index < -0.39 is 0 Å². The second-order valence-electron chi connectivity index (χ2n) is 4.40. The third-order valence-corrected chi connectivity index (χ3v) is 2.91. The van der Waals surface area contributed by atoms with Gasteiger partial charge < -0.3 is 9.84 Å². The fourth-order valence-electron chi connectivity index (χ4n) is 1.85. The van der Waals surface area contributed by atoms with Crippen molar-refractivity contribution in [2.24, 2.45) is 0 Å². The van der Waals surface area contributed by atoms with Crippen molar-refractivity contribution in [3.8, 4) is 11.3 Å². The Morgan fingerprint density at radius 1 is 1.05 bits per heavy atom. The normalized spacial score (nSPS) is 10.3. The quantitative estimate of drug-likeness (QED) is 0.796. The molecule has 1 aromatic heterocycles. The summed E-state index contributed by atoms with van der Waals surface area (Å²) in [5, 5.41) is 6.52. The highest BCUT2D eigenvalue weighted by Crippen LogP contribution is 2.20. The molecule has 0 aliphatic carbocycles. The number of amides is 1. The molecule has 0 aliphatic rings. The SMILES string of the molecule is O=C(Nc1ccccc1)c1cc(-c2ccc(F)cc2)no1. The number of nitrogens with one attached hydrogen (secondary N) is 1. The minimum absolute atomic E-state index is 0.0955. The van der Waals surface area contributed by atoms with Gasteiger partial charge in [0.05, 0.1) is 0 Å². The van der Waals surface area contributed by atoms with Crippen LogP contribution in [0.2, 0.25) is 0 Å². The average molecular weight is 282 g/mol. The van der Waals surface area contributed by atoms with E-state index in [2.05, 4.69) is 10.5 Å². The highest BCUT2D eigenvalue weighted by atomic mass is 19.1. The van der Waals surface area contributed by atoms with Crippen LogP contribution in [0.15, 0.2) is 65.2 Å². The molecule has 0 saturated heterocycles. The number of carbonyl (C=O) groups excluding carboxylic acids is 1.